The number of nitrogens with zero attached hydrogens (tertiary/aromatic N) is 1. The Morgan fingerprint density at radius 3 is 2.76 bits per heavy atom. The van der Waals surface area contributed by atoms with Crippen molar-refractivity contribution in [3.8, 4) is 0 Å². The molecule has 0 bridgehead atoms. The van der Waals surface area contributed by atoms with Crippen molar-refractivity contribution in [2.75, 3.05) is 16.8 Å². The molecule has 0 saturated carbocycles. The van der Waals surface area contributed by atoms with Crippen molar-refractivity contribution in [3.05, 3.63) is 24.1 Å². The summed E-state index contributed by atoms with van der Waals surface area (Å²) in [4.78, 5) is 16.0. The lowest BCUT2D eigenvalue weighted by atomic mass is 10.3. The molecule has 0 aliphatic carbocycles. The molecular weight excluding hydrogens is 292 g/mol. The minimum atomic E-state index is -3.39. The predicted octanol–water partition coefficient (Wildman–Crippen LogP) is 2.15. The van der Waals surface area contributed by atoms with Gasteiger partial charge in [-0.1, -0.05) is 13.8 Å². The van der Waals surface area contributed by atoms with Crippen LogP contribution in [0, 0.1) is 12.8 Å². The molecule has 1 amide bonds. The average molecular weight is 310 g/mol. The van der Waals surface area contributed by atoms with Gasteiger partial charge in [-0.25, -0.2) is 13.4 Å². The van der Waals surface area contributed by atoms with Gasteiger partial charge in [0.1, 0.15) is 11.3 Å². The third kappa shape index (κ3) is 4.29. The zero-order valence-electron chi connectivity index (χ0n) is 12.2. The van der Waals surface area contributed by atoms with E-state index in [9.17, 15) is 13.2 Å². The van der Waals surface area contributed by atoms with Gasteiger partial charge in [0.25, 0.3) is 0 Å². The second-order valence-corrected chi connectivity index (χ2v) is 7.52. The SMILES string of the molecule is Cc1nc2ccc(NC(=O)CS(=O)(=O)CC(C)C)cc2o1. The molecule has 21 heavy (non-hydrogen) atoms. The number of anilines is 1. The topological polar surface area (TPSA) is 89.3 Å². The molecule has 7 heteroatoms. The summed E-state index contributed by atoms with van der Waals surface area (Å²) >= 11 is 0. The van der Waals surface area contributed by atoms with Gasteiger partial charge < -0.3 is 9.73 Å². The fourth-order valence-corrected chi connectivity index (χ4v) is 3.69. The lowest BCUT2D eigenvalue weighted by molar-refractivity contribution is -0.113. The van der Waals surface area contributed by atoms with E-state index in [-0.39, 0.29) is 11.7 Å². The molecule has 2 rings (SSSR count). The maximum atomic E-state index is 11.8. The second-order valence-electron chi connectivity index (χ2n) is 5.41. The number of nitrogens with one attached hydrogen (secondary N) is 1. The number of hydrogen-bond acceptors (Lipinski definition) is 5. The van der Waals surface area contributed by atoms with Crippen molar-refractivity contribution in [3.63, 3.8) is 0 Å². The number of oxazole rings is 1. The van der Waals surface area contributed by atoms with E-state index in [0.29, 0.717) is 22.7 Å². The van der Waals surface area contributed by atoms with Crippen LogP contribution in [0.4, 0.5) is 5.69 Å². The number of rotatable bonds is 5. The number of carbonyl (C=O) groups is 1. The summed E-state index contributed by atoms with van der Waals surface area (Å²) in [7, 11) is -3.39. The van der Waals surface area contributed by atoms with Crippen molar-refractivity contribution in [2.24, 2.45) is 5.92 Å². The highest BCUT2D eigenvalue weighted by Gasteiger charge is 2.18. The number of aromatic nitrogens is 1. The number of benzene rings is 1. The van der Waals surface area contributed by atoms with Crippen LogP contribution in [0.3, 0.4) is 0 Å². The van der Waals surface area contributed by atoms with Crippen molar-refractivity contribution in [1.82, 2.24) is 4.98 Å². The molecule has 0 spiro atoms. The molecule has 0 fully saturated rings. The first-order chi connectivity index (χ1) is 9.75. The van der Waals surface area contributed by atoms with Crippen LogP contribution in [0.1, 0.15) is 19.7 Å². The lowest BCUT2D eigenvalue weighted by Crippen LogP contribution is -2.26. The van der Waals surface area contributed by atoms with Gasteiger partial charge >= 0.3 is 0 Å². The first kappa shape index (κ1) is 15.5. The van der Waals surface area contributed by atoms with Crippen LogP contribution < -0.4 is 5.32 Å². The van der Waals surface area contributed by atoms with Gasteiger partial charge in [0.15, 0.2) is 21.3 Å². The van der Waals surface area contributed by atoms with Gasteiger partial charge in [-0.2, -0.15) is 0 Å². The molecule has 0 radical (unpaired) electrons. The van der Waals surface area contributed by atoms with E-state index in [1.807, 2.05) is 0 Å². The Bertz CT molecular complexity index is 762. The van der Waals surface area contributed by atoms with Gasteiger partial charge in [0.2, 0.25) is 5.91 Å². The molecule has 0 aliphatic heterocycles. The minimum absolute atomic E-state index is 0.000748. The number of carbonyl (C=O) groups excluding carboxylic acids is 1. The van der Waals surface area contributed by atoms with E-state index in [1.54, 1.807) is 39.0 Å². The fraction of sp³-hybridized carbons (Fsp3) is 0.429. The number of sulfone groups is 1. The second kappa shape index (κ2) is 5.85. The normalized spacial score (nSPS) is 12.0. The quantitative estimate of drug-likeness (QED) is 0.914. The number of aryl methyl sites for hydroxylation is 1. The molecule has 0 unspecified atom stereocenters. The van der Waals surface area contributed by atoms with E-state index in [4.69, 9.17) is 4.42 Å². The first-order valence-electron chi connectivity index (χ1n) is 6.62. The Balaban J connectivity index is 2.07. The van der Waals surface area contributed by atoms with Crippen LogP contribution in [0.25, 0.3) is 11.1 Å². The zero-order valence-corrected chi connectivity index (χ0v) is 13.0. The Hall–Kier alpha value is -1.89. The molecule has 1 N–H and O–H groups in total. The van der Waals surface area contributed by atoms with E-state index in [1.165, 1.54) is 0 Å². The Kier molecular flexibility index (Phi) is 4.32. The van der Waals surface area contributed by atoms with E-state index >= 15 is 0 Å². The standard InChI is InChI=1S/C14H18N2O4S/c1-9(2)7-21(18,19)8-14(17)16-11-4-5-12-13(6-11)20-10(3)15-12/h4-6,9H,7-8H2,1-3H3,(H,16,17). The molecule has 2 aromatic rings. The number of hydrogen-bond donors (Lipinski definition) is 1. The van der Waals surface area contributed by atoms with Gasteiger partial charge in [-0.05, 0) is 18.1 Å². The summed E-state index contributed by atoms with van der Waals surface area (Å²) in [5, 5.41) is 2.57. The largest absolute Gasteiger partial charge is 0.441 e. The van der Waals surface area contributed by atoms with Gasteiger partial charge in [-0.3, -0.25) is 4.79 Å². The van der Waals surface area contributed by atoms with Gasteiger partial charge in [0.05, 0.1) is 5.75 Å². The zero-order chi connectivity index (χ0) is 15.6. The highest BCUT2D eigenvalue weighted by molar-refractivity contribution is 7.92. The molecule has 1 aromatic carbocycles. The van der Waals surface area contributed by atoms with Crippen molar-refractivity contribution >= 4 is 32.5 Å². The van der Waals surface area contributed by atoms with E-state index in [0.717, 1.165) is 0 Å². The van der Waals surface area contributed by atoms with Crippen LogP contribution in [-0.2, 0) is 14.6 Å². The molecule has 0 saturated heterocycles. The monoisotopic (exact) mass is 310 g/mol. The number of fused-ring (bicyclic) bond motifs is 1. The Morgan fingerprint density at radius 1 is 1.38 bits per heavy atom. The Labute approximate surface area is 123 Å². The molecule has 114 valence electrons. The first-order valence-corrected chi connectivity index (χ1v) is 8.45. The van der Waals surface area contributed by atoms with Crippen molar-refractivity contribution < 1.29 is 17.6 Å². The summed E-state index contributed by atoms with van der Waals surface area (Å²) in [5.41, 5.74) is 1.73. The van der Waals surface area contributed by atoms with Crippen molar-refractivity contribution in [2.45, 2.75) is 20.8 Å². The van der Waals surface area contributed by atoms with Gasteiger partial charge in [0, 0.05) is 18.7 Å². The van der Waals surface area contributed by atoms with Gasteiger partial charge in [-0.15, -0.1) is 0 Å². The summed E-state index contributed by atoms with van der Waals surface area (Å²) in [6, 6.07) is 5.00. The fourth-order valence-electron chi connectivity index (χ4n) is 2.08. The molecule has 1 aromatic heterocycles. The van der Waals surface area contributed by atoms with Crippen LogP contribution in [0.15, 0.2) is 22.6 Å². The third-order valence-electron chi connectivity index (χ3n) is 2.72. The Morgan fingerprint density at radius 2 is 2.10 bits per heavy atom. The molecular formula is C14H18N2O4S. The summed E-state index contributed by atoms with van der Waals surface area (Å²) < 4.78 is 28.9. The van der Waals surface area contributed by atoms with E-state index < -0.39 is 21.5 Å². The third-order valence-corrected chi connectivity index (χ3v) is 4.59. The average Bonchev–Trinajstić information content (AvgIpc) is 2.65. The van der Waals surface area contributed by atoms with Crippen molar-refractivity contribution in [1.29, 1.82) is 0 Å². The lowest BCUT2D eigenvalue weighted by Gasteiger charge is -2.08. The van der Waals surface area contributed by atoms with E-state index in [2.05, 4.69) is 10.3 Å². The highest BCUT2D eigenvalue weighted by Crippen LogP contribution is 2.19. The minimum Gasteiger partial charge on any atom is -0.441 e. The molecule has 0 atom stereocenters. The summed E-state index contributed by atoms with van der Waals surface area (Å²) in [5.74, 6) is -0.532. The smallest absolute Gasteiger partial charge is 0.239 e. The maximum absolute atomic E-state index is 11.8. The molecule has 0 aliphatic rings. The summed E-state index contributed by atoms with van der Waals surface area (Å²) in [6.07, 6.45) is 0. The van der Waals surface area contributed by atoms with Crippen LogP contribution in [0.5, 0.6) is 0 Å². The highest BCUT2D eigenvalue weighted by atomic mass is 32.2. The van der Waals surface area contributed by atoms with Crippen LogP contribution in [0.2, 0.25) is 0 Å². The number of amides is 1. The summed E-state index contributed by atoms with van der Waals surface area (Å²) in [6.45, 7) is 5.34. The van der Waals surface area contributed by atoms with Crippen LogP contribution in [-0.4, -0.2) is 30.8 Å². The van der Waals surface area contributed by atoms with Crippen LogP contribution >= 0.6 is 0 Å². The maximum Gasteiger partial charge on any atom is 0.239 e. The predicted molar refractivity (Wildman–Crippen MR) is 80.9 cm³/mol. The molecule has 6 nitrogen and oxygen atoms in total. The molecule has 1 heterocycles.